The molecule has 0 aliphatic heterocycles. The monoisotopic (exact) mass is 588 g/mol. The van der Waals surface area contributed by atoms with Crippen LogP contribution >= 0.6 is 0 Å². The van der Waals surface area contributed by atoms with Gasteiger partial charge in [0, 0.05) is 24.8 Å². The highest BCUT2D eigenvalue weighted by molar-refractivity contribution is 5.82. The maximum atomic E-state index is 12.0. The predicted octanol–water partition coefficient (Wildman–Crippen LogP) is 3.55. The molecule has 0 bridgehead atoms. The summed E-state index contributed by atoms with van der Waals surface area (Å²) in [6, 6.07) is 0. The fourth-order valence-corrected chi connectivity index (χ4v) is 4.16. The lowest BCUT2D eigenvalue weighted by molar-refractivity contribution is -0.159. The fourth-order valence-electron chi connectivity index (χ4n) is 4.16. The molecular formula is C33H48O9. The minimum atomic E-state index is -1.42. The van der Waals surface area contributed by atoms with E-state index >= 15 is 0 Å². The molecule has 1 aliphatic rings. The van der Waals surface area contributed by atoms with Crippen molar-refractivity contribution in [1.29, 1.82) is 0 Å². The number of allylic oxidation sites excluding steroid dienone is 11. The summed E-state index contributed by atoms with van der Waals surface area (Å²) < 4.78 is 5.22. The van der Waals surface area contributed by atoms with Gasteiger partial charge in [-0.3, -0.25) is 4.79 Å². The molecule has 0 amide bonds. The molecule has 0 radical (unpaired) electrons. The van der Waals surface area contributed by atoms with Gasteiger partial charge in [-0.2, -0.15) is 0 Å². The number of ether oxygens (including phenoxy) is 1. The number of carbonyl (C=O) groups excluding carboxylic acids is 1. The van der Waals surface area contributed by atoms with Gasteiger partial charge in [0.15, 0.2) is 0 Å². The molecule has 0 aromatic rings. The highest BCUT2D eigenvalue weighted by Crippen LogP contribution is 2.27. The van der Waals surface area contributed by atoms with Crippen molar-refractivity contribution in [2.75, 3.05) is 0 Å². The van der Waals surface area contributed by atoms with Gasteiger partial charge in [-0.25, -0.2) is 4.79 Å². The van der Waals surface area contributed by atoms with Crippen LogP contribution in [0.15, 0.2) is 84.6 Å². The van der Waals surface area contributed by atoms with Crippen molar-refractivity contribution in [3.8, 4) is 0 Å². The third kappa shape index (κ3) is 15.2. The van der Waals surface area contributed by atoms with Crippen LogP contribution < -0.4 is 0 Å². The normalized spacial score (nSPS) is 24.4. The first-order valence-electron chi connectivity index (χ1n) is 14.4. The van der Waals surface area contributed by atoms with Crippen molar-refractivity contribution in [3.05, 3.63) is 84.6 Å². The highest BCUT2D eigenvalue weighted by Gasteiger charge is 2.35. The summed E-state index contributed by atoms with van der Waals surface area (Å²) in [4.78, 5) is 23.2. The molecule has 9 heteroatoms. The fraction of sp³-hybridized carbons (Fsp3) is 0.515. The van der Waals surface area contributed by atoms with Gasteiger partial charge in [-0.05, 0) is 25.7 Å². The molecule has 8 unspecified atom stereocenters. The quantitative estimate of drug-likeness (QED) is 0.0898. The molecule has 234 valence electrons. The minimum Gasteiger partial charge on any atom is -0.481 e. The van der Waals surface area contributed by atoms with E-state index in [1.807, 2.05) is 39.0 Å². The molecule has 1 fully saturated rings. The summed E-state index contributed by atoms with van der Waals surface area (Å²) in [6.07, 6.45) is 15.9. The maximum Gasteiger partial charge on any atom is 0.331 e. The van der Waals surface area contributed by atoms with Crippen LogP contribution in [0, 0.1) is 17.8 Å². The van der Waals surface area contributed by atoms with Crippen LogP contribution in [0.2, 0.25) is 0 Å². The number of carboxylic acid groups (broad SMARTS) is 1. The highest BCUT2D eigenvalue weighted by atomic mass is 16.6. The van der Waals surface area contributed by atoms with E-state index in [2.05, 4.69) is 0 Å². The van der Waals surface area contributed by atoms with Crippen molar-refractivity contribution < 1.29 is 45.0 Å². The Labute approximate surface area is 249 Å². The number of aliphatic hydroxyl groups excluding tert-OH is 5. The Morgan fingerprint density at radius 3 is 2.14 bits per heavy atom. The topological polar surface area (TPSA) is 165 Å². The zero-order valence-corrected chi connectivity index (χ0v) is 24.9. The second kappa shape index (κ2) is 19.9. The molecule has 0 aromatic carbocycles. The van der Waals surface area contributed by atoms with Crippen LogP contribution in [-0.2, 0) is 14.3 Å². The molecule has 1 saturated carbocycles. The van der Waals surface area contributed by atoms with Gasteiger partial charge in [0.1, 0.15) is 12.2 Å². The molecule has 1 aliphatic carbocycles. The number of hydrogen-bond acceptors (Lipinski definition) is 8. The van der Waals surface area contributed by atoms with E-state index < -0.39 is 60.4 Å². The summed E-state index contributed by atoms with van der Waals surface area (Å²) >= 11 is 0. The molecule has 0 aromatic heterocycles. The average molecular weight is 589 g/mol. The lowest BCUT2D eigenvalue weighted by Crippen LogP contribution is -2.41. The Morgan fingerprint density at radius 2 is 1.48 bits per heavy atom. The van der Waals surface area contributed by atoms with Crippen LogP contribution in [0.1, 0.15) is 53.4 Å². The number of esters is 1. The van der Waals surface area contributed by atoms with Crippen LogP contribution in [0.3, 0.4) is 0 Å². The largest absolute Gasteiger partial charge is 0.481 e. The molecule has 0 saturated heterocycles. The van der Waals surface area contributed by atoms with Crippen LogP contribution in [0.5, 0.6) is 0 Å². The molecule has 0 spiro atoms. The first-order chi connectivity index (χ1) is 19.8. The third-order valence-electron chi connectivity index (χ3n) is 6.78. The van der Waals surface area contributed by atoms with E-state index in [0.29, 0.717) is 12.3 Å². The van der Waals surface area contributed by atoms with Crippen molar-refractivity contribution in [1.82, 2.24) is 0 Å². The van der Waals surface area contributed by atoms with Crippen LogP contribution in [0.4, 0.5) is 0 Å². The Bertz CT molecular complexity index is 1030. The number of hydrogen-bond donors (Lipinski definition) is 6. The molecule has 42 heavy (non-hydrogen) atoms. The van der Waals surface area contributed by atoms with E-state index in [1.165, 1.54) is 18.2 Å². The minimum absolute atomic E-state index is 0.0910. The van der Waals surface area contributed by atoms with E-state index in [9.17, 15) is 35.1 Å². The molecular weight excluding hydrogens is 540 g/mol. The van der Waals surface area contributed by atoms with Gasteiger partial charge in [0.05, 0.1) is 30.3 Å². The molecule has 6 N–H and O–H groups in total. The average Bonchev–Trinajstić information content (AvgIpc) is 2.93. The first kappa shape index (κ1) is 36.9. The Balaban J connectivity index is 2.48. The zero-order valence-electron chi connectivity index (χ0n) is 24.9. The van der Waals surface area contributed by atoms with Crippen molar-refractivity contribution in [2.45, 2.75) is 90.0 Å². The van der Waals surface area contributed by atoms with E-state index in [4.69, 9.17) is 9.84 Å². The van der Waals surface area contributed by atoms with E-state index in [0.717, 1.165) is 5.57 Å². The molecule has 0 heterocycles. The van der Waals surface area contributed by atoms with Gasteiger partial charge in [-0.1, -0.05) is 99.3 Å². The first-order valence-corrected chi connectivity index (χ1v) is 14.4. The summed E-state index contributed by atoms with van der Waals surface area (Å²) in [7, 11) is 0. The second-order valence-electron chi connectivity index (χ2n) is 11.0. The SMILES string of the molecule is CC(/C=C/C=C/C(=O)OC1CC(C(=O)O)CCC1O)=C\C=C\C=C\C(C)C(O)C(O)C(O)CC(O)/C=C/C=C/C(C)C. The summed E-state index contributed by atoms with van der Waals surface area (Å²) in [6.45, 7) is 7.62. The molecule has 1 rings (SSSR count). The van der Waals surface area contributed by atoms with Gasteiger partial charge < -0.3 is 35.4 Å². The van der Waals surface area contributed by atoms with E-state index in [1.54, 1.807) is 49.5 Å². The van der Waals surface area contributed by atoms with Crippen molar-refractivity contribution >= 4 is 11.9 Å². The second-order valence-corrected chi connectivity index (χ2v) is 11.0. The van der Waals surface area contributed by atoms with Gasteiger partial charge >= 0.3 is 11.9 Å². The Hall–Kier alpha value is -3.08. The zero-order chi connectivity index (χ0) is 31.7. The summed E-state index contributed by atoms with van der Waals surface area (Å²) in [5, 5.41) is 60.1. The lowest BCUT2D eigenvalue weighted by atomic mass is 9.85. The number of rotatable bonds is 16. The third-order valence-corrected chi connectivity index (χ3v) is 6.78. The number of carboxylic acids is 1. The number of aliphatic hydroxyl groups is 5. The van der Waals surface area contributed by atoms with Gasteiger partial charge in [0.2, 0.25) is 0 Å². The molecule has 8 atom stereocenters. The van der Waals surface area contributed by atoms with Gasteiger partial charge in [0.25, 0.3) is 0 Å². The van der Waals surface area contributed by atoms with E-state index in [-0.39, 0.29) is 19.3 Å². The van der Waals surface area contributed by atoms with Crippen molar-refractivity contribution in [2.24, 2.45) is 17.8 Å². The lowest BCUT2D eigenvalue weighted by Gasteiger charge is -2.30. The van der Waals surface area contributed by atoms with Crippen molar-refractivity contribution in [3.63, 3.8) is 0 Å². The smallest absolute Gasteiger partial charge is 0.331 e. The van der Waals surface area contributed by atoms with Crippen LogP contribution in [-0.4, -0.2) is 79.2 Å². The van der Waals surface area contributed by atoms with Crippen LogP contribution in [0.25, 0.3) is 0 Å². The number of aliphatic carboxylic acids is 1. The Kier molecular flexibility index (Phi) is 17.5. The summed E-state index contributed by atoms with van der Waals surface area (Å²) in [5.41, 5.74) is 0.878. The molecule has 9 nitrogen and oxygen atoms in total. The number of carbonyl (C=O) groups is 2. The Morgan fingerprint density at radius 1 is 0.833 bits per heavy atom. The van der Waals surface area contributed by atoms with Gasteiger partial charge in [-0.15, -0.1) is 0 Å². The predicted molar refractivity (Wildman–Crippen MR) is 162 cm³/mol. The summed E-state index contributed by atoms with van der Waals surface area (Å²) in [5.74, 6) is -2.32. The standard InChI is InChI=1S/C33H48O9/c1-22(2)12-8-10-16-26(34)21-28(36)32(39)31(38)24(4)15-7-5-6-13-23(3)14-9-11-17-30(37)42-29-20-25(33(40)41)18-19-27(29)35/h5-17,22,24-29,31-32,34-36,38-39H,18-21H2,1-4H3,(H,40,41)/b6-5+,12-8+,14-9+,15-7+,16-10+,17-11+,23-13+. The maximum absolute atomic E-state index is 12.0.